The maximum Gasteiger partial charge on any atom is 0.205 e. The molecule has 0 aliphatic heterocycles. The summed E-state index contributed by atoms with van der Waals surface area (Å²) in [5.41, 5.74) is 3.85. The molecule has 3 N–H and O–H groups in total. The number of aromatic nitrogens is 3. The molecule has 1 atom stereocenters. The number of benzene rings is 2. The van der Waals surface area contributed by atoms with Crippen molar-refractivity contribution >= 4 is 49.5 Å². The Bertz CT molecular complexity index is 1230. The van der Waals surface area contributed by atoms with Crippen molar-refractivity contribution in [1.82, 2.24) is 15.0 Å². The summed E-state index contributed by atoms with van der Waals surface area (Å²) in [5.74, 6) is 2.86. The van der Waals surface area contributed by atoms with Gasteiger partial charge in [0.05, 0.1) is 16.7 Å². The van der Waals surface area contributed by atoms with E-state index in [9.17, 15) is 0 Å². The molecule has 1 aliphatic rings. The largest absolute Gasteiger partial charge is 0.458 e. The van der Waals surface area contributed by atoms with Gasteiger partial charge >= 0.3 is 0 Å². The Kier molecular flexibility index (Phi) is 4.20. The lowest BCUT2D eigenvalue weighted by molar-refractivity contribution is 0.433. The molecule has 0 saturated heterocycles. The summed E-state index contributed by atoms with van der Waals surface area (Å²) in [6.45, 7) is 2.19. The molecule has 140 valence electrons. The van der Waals surface area contributed by atoms with Gasteiger partial charge in [-0.2, -0.15) is 0 Å². The van der Waals surface area contributed by atoms with Crippen LogP contribution in [-0.4, -0.2) is 15.0 Å². The van der Waals surface area contributed by atoms with Crippen molar-refractivity contribution in [3.05, 3.63) is 71.1 Å². The number of nitrogens with one attached hydrogen (secondary N) is 3. The van der Waals surface area contributed by atoms with Gasteiger partial charge < -0.3 is 20.0 Å². The third-order valence-corrected chi connectivity index (χ3v) is 5.32. The van der Waals surface area contributed by atoms with E-state index in [2.05, 4.69) is 61.3 Å². The Morgan fingerprint density at radius 2 is 2.07 bits per heavy atom. The molecule has 2 aromatic carbocycles. The van der Waals surface area contributed by atoms with Gasteiger partial charge in [-0.25, -0.2) is 4.98 Å². The number of H-pyrrole nitrogens is 2. The minimum atomic E-state index is 0.501. The zero-order chi connectivity index (χ0) is 19.1. The number of aromatic amines is 2. The second kappa shape index (κ2) is 6.87. The monoisotopic (exact) mass is 434 g/mol. The van der Waals surface area contributed by atoms with E-state index in [4.69, 9.17) is 4.74 Å². The van der Waals surface area contributed by atoms with Crippen molar-refractivity contribution in [2.24, 2.45) is 5.92 Å². The summed E-state index contributed by atoms with van der Waals surface area (Å²) < 4.78 is 7.05. The Hall–Kier alpha value is -2.99. The average molecular weight is 435 g/mol. The lowest BCUT2D eigenvalue weighted by atomic mass is 10.0. The Morgan fingerprint density at radius 1 is 1.18 bits per heavy atom. The molecule has 0 amide bonds. The molecule has 6 heteroatoms. The van der Waals surface area contributed by atoms with Gasteiger partial charge in [0.15, 0.2) is 0 Å². The Balaban J connectivity index is 1.42. The molecule has 4 aromatic rings. The van der Waals surface area contributed by atoms with Crippen LogP contribution in [0.1, 0.15) is 13.3 Å². The molecule has 2 aromatic heterocycles. The lowest BCUT2D eigenvalue weighted by Crippen LogP contribution is -2.00. The number of rotatable bonds is 4. The van der Waals surface area contributed by atoms with Gasteiger partial charge in [-0.1, -0.05) is 28.9 Å². The highest BCUT2D eigenvalue weighted by atomic mass is 79.9. The fraction of sp³-hybridized carbons (Fsp3) is 0.136. The van der Waals surface area contributed by atoms with Crippen LogP contribution in [0.15, 0.2) is 71.1 Å². The number of fused-ring (bicyclic) bond motifs is 2. The van der Waals surface area contributed by atoms with Crippen LogP contribution in [0.25, 0.3) is 21.9 Å². The first-order valence-corrected chi connectivity index (χ1v) is 10.0. The van der Waals surface area contributed by atoms with E-state index in [0.29, 0.717) is 11.9 Å². The first kappa shape index (κ1) is 17.1. The number of ether oxygens (including phenoxy) is 1. The fourth-order valence-electron chi connectivity index (χ4n) is 3.44. The zero-order valence-corrected chi connectivity index (χ0v) is 16.9. The minimum Gasteiger partial charge on any atom is -0.458 e. The Labute approximate surface area is 170 Å². The second-order valence-corrected chi connectivity index (χ2v) is 7.98. The predicted molar refractivity (Wildman–Crippen MR) is 117 cm³/mol. The van der Waals surface area contributed by atoms with E-state index in [1.807, 2.05) is 42.6 Å². The first-order valence-electron chi connectivity index (χ1n) is 9.24. The van der Waals surface area contributed by atoms with Gasteiger partial charge in [-0.3, -0.25) is 0 Å². The number of nitrogens with zero attached hydrogens (tertiary/aromatic N) is 1. The van der Waals surface area contributed by atoms with E-state index < -0.39 is 0 Å². The molecule has 28 heavy (non-hydrogen) atoms. The highest BCUT2D eigenvalue weighted by Gasteiger charge is 2.10. The highest BCUT2D eigenvalue weighted by Crippen LogP contribution is 2.30. The van der Waals surface area contributed by atoms with E-state index in [0.717, 1.165) is 50.0 Å². The summed E-state index contributed by atoms with van der Waals surface area (Å²) in [5, 5.41) is 4.47. The molecule has 5 rings (SSSR count). The quantitative estimate of drug-likeness (QED) is 0.347. The van der Waals surface area contributed by atoms with E-state index in [1.165, 1.54) is 0 Å². The van der Waals surface area contributed by atoms with Gasteiger partial charge in [0.25, 0.3) is 0 Å². The van der Waals surface area contributed by atoms with Crippen molar-refractivity contribution in [2.75, 3.05) is 5.32 Å². The number of imidazole rings is 1. The number of anilines is 2. The summed E-state index contributed by atoms with van der Waals surface area (Å²) in [6.07, 6.45) is 9.33. The van der Waals surface area contributed by atoms with Crippen molar-refractivity contribution in [1.29, 1.82) is 0 Å². The molecule has 1 aliphatic carbocycles. The van der Waals surface area contributed by atoms with E-state index in [-0.39, 0.29) is 0 Å². The third-order valence-electron chi connectivity index (χ3n) is 4.83. The SMILES string of the molecule is CC1C=C(Oc2ccc3[nH]c(Nc4c[nH]c5ccc(Br)cc45)nc3c2)C=CC1. The molecule has 1 unspecified atom stereocenters. The van der Waals surface area contributed by atoms with E-state index >= 15 is 0 Å². The smallest absolute Gasteiger partial charge is 0.205 e. The molecule has 0 radical (unpaired) electrons. The first-order chi connectivity index (χ1) is 13.6. The standard InChI is InChI=1S/C22H19BrN4O/c1-13-3-2-4-15(9-13)28-16-6-8-19-20(11-16)26-22(25-19)27-21-12-24-18-7-5-14(23)10-17(18)21/h2,4-13,24H,3H2,1H3,(H2,25,26,27). The molecular formula is C22H19BrN4O. The number of hydrogen-bond donors (Lipinski definition) is 3. The average Bonchev–Trinajstić information content (AvgIpc) is 3.25. The van der Waals surface area contributed by atoms with Crippen LogP contribution in [0, 0.1) is 5.92 Å². The topological polar surface area (TPSA) is 65.7 Å². The van der Waals surface area contributed by atoms with Crippen LogP contribution < -0.4 is 10.1 Å². The molecule has 0 bridgehead atoms. The summed E-state index contributed by atoms with van der Waals surface area (Å²) in [4.78, 5) is 11.3. The number of hydrogen-bond acceptors (Lipinski definition) is 3. The van der Waals surface area contributed by atoms with Crippen LogP contribution in [0.2, 0.25) is 0 Å². The normalized spacial score (nSPS) is 16.5. The van der Waals surface area contributed by atoms with Crippen LogP contribution in [0.4, 0.5) is 11.6 Å². The predicted octanol–water partition coefficient (Wildman–Crippen LogP) is 6.41. The summed E-state index contributed by atoms with van der Waals surface area (Å²) in [7, 11) is 0. The fourth-order valence-corrected chi connectivity index (χ4v) is 3.80. The van der Waals surface area contributed by atoms with Gasteiger partial charge in [0, 0.05) is 27.6 Å². The molecule has 0 saturated carbocycles. The molecule has 0 spiro atoms. The van der Waals surface area contributed by atoms with E-state index in [1.54, 1.807) is 0 Å². The van der Waals surface area contributed by atoms with Crippen molar-refractivity contribution in [2.45, 2.75) is 13.3 Å². The highest BCUT2D eigenvalue weighted by molar-refractivity contribution is 9.10. The van der Waals surface area contributed by atoms with Crippen molar-refractivity contribution < 1.29 is 4.74 Å². The zero-order valence-electron chi connectivity index (χ0n) is 15.3. The Morgan fingerprint density at radius 3 is 2.96 bits per heavy atom. The number of allylic oxidation sites excluding steroid dienone is 3. The van der Waals surface area contributed by atoms with Gasteiger partial charge in [0.2, 0.25) is 5.95 Å². The second-order valence-electron chi connectivity index (χ2n) is 7.07. The lowest BCUT2D eigenvalue weighted by Gasteiger charge is -2.13. The van der Waals surface area contributed by atoms with Crippen LogP contribution >= 0.6 is 15.9 Å². The summed E-state index contributed by atoms with van der Waals surface area (Å²) in [6, 6.07) is 12.0. The van der Waals surface area contributed by atoms with Crippen molar-refractivity contribution in [3.63, 3.8) is 0 Å². The molecular weight excluding hydrogens is 416 g/mol. The third kappa shape index (κ3) is 3.31. The molecule has 2 heterocycles. The minimum absolute atomic E-state index is 0.501. The van der Waals surface area contributed by atoms with Crippen LogP contribution in [-0.2, 0) is 0 Å². The summed E-state index contributed by atoms with van der Waals surface area (Å²) >= 11 is 3.53. The van der Waals surface area contributed by atoms with Gasteiger partial charge in [0.1, 0.15) is 11.5 Å². The van der Waals surface area contributed by atoms with Gasteiger partial charge in [-0.15, -0.1) is 0 Å². The number of halogens is 1. The van der Waals surface area contributed by atoms with Gasteiger partial charge in [-0.05, 0) is 54.8 Å². The maximum atomic E-state index is 6.01. The molecule has 5 nitrogen and oxygen atoms in total. The van der Waals surface area contributed by atoms with Crippen molar-refractivity contribution in [3.8, 4) is 5.75 Å². The maximum absolute atomic E-state index is 6.01. The van der Waals surface area contributed by atoms with Crippen LogP contribution in [0.5, 0.6) is 5.75 Å². The molecule has 0 fully saturated rings. The van der Waals surface area contributed by atoms with Crippen LogP contribution in [0.3, 0.4) is 0 Å².